The summed E-state index contributed by atoms with van der Waals surface area (Å²) in [5, 5.41) is 9.68. The van der Waals surface area contributed by atoms with E-state index in [-0.39, 0.29) is 12.2 Å². The molecule has 17 heavy (non-hydrogen) atoms. The molecule has 0 aromatic heterocycles. The van der Waals surface area contributed by atoms with Gasteiger partial charge in [-0.2, -0.15) is 0 Å². The van der Waals surface area contributed by atoms with Crippen molar-refractivity contribution in [2.24, 2.45) is 0 Å². The first kappa shape index (κ1) is 12.4. The second-order valence-corrected chi connectivity index (χ2v) is 4.45. The molecule has 0 radical (unpaired) electrons. The van der Waals surface area contributed by atoms with Crippen molar-refractivity contribution < 1.29 is 14.6 Å². The van der Waals surface area contributed by atoms with Gasteiger partial charge in [-0.05, 0) is 37.0 Å². The highest BCUT2D eigenvalue weighted by atomic mass is 16.5. The maximum atomic E-state index is 9.68. The topological polar surface area (TPSA) is 38.7 Å². The molecular formula is C14H20O3. The van der Waals surface area contributed by atoms with E-state index in [4.69, 9.17) is 9.47 Å². The Kier molecular flexibility index (Phi) is 4.40. The molecule has 0 spiro atoms. The van der Waals surface area contributed by atoms with Crippen molar-refractivity contribution in [3.05, 3.63) is 29.8 Å². The van der Waals surface area contributed by atoms with Crippen molar-refractivity contribution in [3.63, 3.8) is 0 Å². The summed E-state index contributed by atoms with van der Waals surface area (Å²) in [6.45, 7) is 3.50. The van der Waals surface area contributed by atoms with Crippen molar-refractivity contribution in [2.75, 3.05) is 13.2 Å². The monoisotopic (exact) mass is 236 g/mol. The number of hydrogen-bond acceptors (Lipinski definition) is 3. The minimum atomic E-state index is -0.373. The third kappa shape index (κ3) is 3.45. The molecule has 1 unspecified atom stereocenters. The molecular weight excluding hydrogens is 216 g/mol. The lowest BCUT2D eigenvalue weighted by atomic mass is 10.1. The maximum absolute atomic E-state index is 9.68. The van der Waals surface area contributed by atoms with Gasteiger partial charge < -0.3 is 14.6 Å². The fraction of sp³-hybridized carbons (Fsp3) is 0.571. The lowest BCUT2D eigenvalue weighted by Gasteiger charge is -2.23. The molecule has 1 aliphatic heterocycles. The first-order chi connectivity index (χ1) is 8.29. The SMILES string of the molecule is CC[C@@H](O)c1ccc(OC2CCCOC2)cc1. The van der Waals surface area contributed by atoms with Crippen LogP contribution in [0.25, 0.3) is 0 Å². The van der Waals surface area contributed by atoms with E-state index >= 15 is 0 Å². The summed E-state index contributed by atoms with van der Waals surface area (Å²) in [5.41, 5.74) is 0.944. The van der Waals surface area contributed by atoms with Gasteiger partial charge in [-0.25, -0.2) is 0 Å². The van der Waals surface area contributed by atoms with Crippen LogP contribution in [0, 0.1) is 0 Å². The standard InChI is InChI=1S/C14H20O3/c1-2-14(15)11-5-7-12(8-6-11)17-13-4-3-9-16-10-13/h5-8,13-15H,2-4,9-10H2,1H3/t13?,14-/m1/s1. The molecule has 3 heteroatoms. The van der Waals surface area contributed by atoms with E-state index in [0.29, 0.717) is 6.61 Å². The summed E-state index contributed by atoms with van der Waals surface area (Å²) in [7, 11) is 0. The van der Waals surface area contributed by atoms with E-state index in [9.17, 15) is 5.11 Å². The molecule has 0 saturated carbocycles. The molecule has 1 aliphatic rings. The number of aliphatic hydroxyl groups is 1. The highest BCUT2D eigenvalue weighted by Gasteiger charge is 2.15. The minimum Gasteiger partial charge on any atom is -0.488 e. The second-order valence-electron chi connectivity index (χ2n) is 4.45. The number of rotatable bonds is 4. The predicted octanol–water partition coefficient (Wildman–Crippen LogP) is 2.69. The predicted molar refractivity (Wildman–Crippen MR) is 66.2 cm³/mol. The Labute approximate surface area is 102 Å². The zero-order chi connectivity index (χ0) is 12.1. The summed E-state index contributed by atoms with van der Waals surface area (Å²) < 4.78 is 11.2. The van der Waals surface area contributed by atoms with Crippen molar-refractivity contribution >= 4 is 0 Å². The van der Waals surface area contributed by atoms with Gasteiger partial charge in [0, 0.05) is 6.61 Å². The van der Waals surface area contributed by atoms with E-state index in [1.54, 1.807) is 0 Å². The Morgan fingerprint density at radius 2 is 2.18 bits per heavy atom. The summed E-state index contributed by atoms with van der Waals surface area (Å²) in [6.07, 6.45) is 2.65. The second kappa shape index (κ2) is 6.03. The number of aliphatic hydroxyl groups excluding tert-OH is 1. The summed E-state index contributed by atoms with van der Waals surface area (Å²) in [4.78, 5) is 0. The first-order valence-electron chi connectivity index (χ1n) is 6.32. The molecule has 1 saturated heterocycles. The largest absolute Gasteiger partial charge is 0.488 e. The highest BCUT2D eigenvalue weighted by molar-refractivity contribution is 5.28. The lowest BCUT2D eigenvalue weighted by molar-refractivity contribution is 0.00740. The van der Waals surface area contributed by atoms with Crippen LogP contribution in [-0.4, -0.2) is 24.4 Å². The normalized spacial score (nSPS) is 22.1. The lowest BCUT2D eigenvalue weighted by Crippen LogP contribution is -2.27. The minimum absolute atomic E-state index is 0.172. The van der Waals surface area contributed by atoms with Gasteiger partial charge in [-0.15, -0.1) is 0 Å². The molecule has 3 nitrogen and oxygen atoms in total. The Morgan fingerprint density at radius 3 is 2.76 bits per heavy atom. The van der Waals surface area contributed by atoms with Crippen LogP contribution in [0.15, 0.2) is 24.3 Å². The van der Waals surface area contributed by atoms with E-state index in [0.717, 1.165) is 37.2 Å². The average molecular weight is 236 g/mol. The van der Waals surface area contributed by atoms with Crippen LogP contribution in [0.3, 0.4) is 0 Å². The van der Waals surface area contributed by atoms with Crippen molar-refractivity contribution in [3.8, 4) is 5.75 Å². The highest BCUT2D eigenvalue weighted by Crippen LogP contribution is 2.22. The fourth-order valence-electron chi connectivity index (χ4n) is 2.00. The van der Waals surface area contributed by atoms with Crippen LogP contribution >= 0.6 is 0 Å². The molecule has 2 atom stereocenters. The zero-order valence-corrected chi connectivity index (χ0v) is 10.3. The smallest absolute Gasteiger partial charge is 0.122 e. The van der Waals surface area contributed by atoms with Crippen LogP contribution in [-0.2, 0) is 4.74 Å². The molecule has 94 valence electrons. The molecule has 0 bridgehead atoms. The number of hydrogen-bond donors (Lipinski definition) is 1. The van der Waals surface area contributed by atoms with Gasteiger partial charge in [0.15, 0.2) is 0 Å². The van der Waals surface area contributed by atoms with E-state index in [1.807, 2.05) is 31.2 Å². The Morgan fingerprint density at radius 1 is 1.41 bits per heavy atom. The third-order valence-corrected chi connectivity index (χ3v) is 3.07. The third-order valence-electron chi connectivity index (χ3n) is 3.07. The van der Waals surface area contributed by atoms with Gasteiger partial charge in [-0.3, -0.25) is 0 Å². The van der Waals surface area contributed by atoms with Gasteiger partial charge in [0.1, 0.15) is 11.9 Å². The van der Waals surface area contributed by atoms with Gasteiger partial charge >= 0.3 is 0 Å². The molecule has 1 aromatic rings. The molecule has 1 fully saturated rings. The van der Waals surface area contributed by atoms with Crippen molar-refractivity contribution in [1.82, 2.24) is 0 Å². The number of ether oxygens (including phenoxy) is 2. The van der Waals surface area contributed by atoms with Gasteiger partial charge in [-0.1, -0.05) is 19.1 Å². The average Bonchev–Trinajstić information content (AvgIpc) is 2.40. The van der Waals surface area contributed by atoms with Crippen LogP contribution in [0.1, 0.15) is 37.9 Å². The molecule has 0 amide bonds. The number of benzene rings is 1. The summed E-state index contributed by atoms with van der Waals surface area (Å²) >= 11 is 0. The molecule has 0 aliphatic carbocycles. The summed E-state index contributed by atoms with van der Waals surface area (Å²) in [6, 6.07) is 7.69. The van der Waals surface area contributed by atoms with Gasteiger partial charge in [0.05, 0.1) is 12.7 Å². The maximum Gasteiger partial charge on any atom is 0.122 e. The first-order valence-corrected chi connectivity index (χ1v) is 6.32. The quantitative estimate of drug-likeness (QED) is 0.873. The Bertz CT molecular complexity index is 328. The van der Waals surface area contributed by atoms with Crippen LogP contribution in [0.2, 0.25) is 0 Å². The van der Waals surface area contributed by atoms with Gasteiger partial charge in [0.2, 0.25) is 0 Å². The summed E-state index contributed by atoms with van der Waals surface area (Å²) in [5.74, 6) is 0.854. The van der Waals surface area contributed by atoms with E-state index in [2.05, 4.69) is 0 Å². The van der Waals surface area contributed by atoms with Crippen molar-refractivity contribution in [2.45, 2.75) is 38.4 Å². The molecule has 1 heterocycles. The van der Waals surface area contributed by atoms with Crippen molar-refractivity contribution in [1.29, 1.82) is 0 Å². The van der Waals surface area contributed by atoms with Crippen LogP contribution in [0.4, 0.5) is 0 Å². The Balaban J connectivity index is 1.93. The van der Waals surface area contributed by atoms with Gasteiger partial charge in [0.25, 0.3) is 0 Å². The zero-order valence-electron chi connectivity index (χ0n) is 10.3. The van der Waals surface area contributed by atoms with Crippen LogP contribution in [0.5, 0.6) is 5.75 Å². The van der Waals surface area contributed by atoms with Crippen LogP contribution < -0.4 is 4.74 Å². The Hall–Kier alpha value is -1.06. The van der Waals surface area contributed by atoms with E-state index < -0.39 is 0 Å². The fourth-order valence-corrected chi connectivity index (χ4v) is 2.00. The molecule has 1 N–H and O–H groups in total. The van der Waals surface area contributed by atoms with E-state index in [1.165, 1.54) is 0 Å². The molecule has 1 aromatic carbocycles. The molecule has 2 rings (SSSR count).